The molecule has 1 aliphatic rings. The van der Waals surface area contributed by atoms with E-state index in [1.807, 2.05) is 18.2 Å². The maximum atomic E-state index is 13.1. The molecule has 1 fully saturated rings. The Morgan fingerprint density at radius 2 is 1.93 bits per heavy atom. The molecule has 1 aliphatic heterocycles. The van der Waals surface area contributed by atoms with Crippen molar-refractivity contribution in [1.82, 2.24) is 15.2 Å². The summed E-state index contributed by atoms with van der Waals surface area (Å²) in [5, 5.41) is 2.93. The molecule has 0 unspecified atom stereocenters. The van der Waals surface area contributed by atoms with Gasteiger partial charge < -0.3 is 5.32 Å². The van der Waals surface area contributed by atoms with Crippen LogP contribution in [-0.2, 0) is 23.1 Å². The highest BCUT2D eigenvalue weighted by Gasteiger charge is 2.39. The Morgan fingerprint density at radius 3 is 2.52 bits per heavy atom. The lowest BCUT2D eigenvalue weighted by Crippen LogP contribution is -2.52. The normalized spacial score (nSPS) is 17.5. The number of amides is 1. The minimum Gasteiger partial charge on any atom is -0.347 e. The molecule has 1 N–H and O–H groups in total. The van der Waals surface area contributed by atoms with Gasteiger partial charge in [0.2, 0.25) is 5.91 Å². The zero-order valence-corrected chi connectivity index (χ0v) is 15.1. The Labute approximate surface area is 156 Å². The average molecular weight is 377 g/mol. The molecule has 0 saturated carbocycles. The molecule has 0 bridgehead atoms. The van der Waals surface area contributed by atoms with Crippen LogP contribution in [0.4, 0.5) is 13.2 Å². The smallest absolute Gasteiger partial charge is 0.347 e. The molecule has 1 aromatic carbocycles. The lowest BCUT2D eigenvalue weighted by molar-refractivity contribution is -0.137. The minimum atomic E-state index is -4.41. The molecule has 0 radical (unpaired) electrons. The number of alkyl halides is 3. The van der Waals surface area contributed by atoms with E-state index in [1.54, 1.807) is 12.3 Å². The Balaban J connectivity index is 1.80. The summed E-state index contributed by atoms with van der Waals surface area (Å²) in [4.78, 5) is 18.3. The first kappa shape index (κ1) is 19.4. The van der Waals surface area contributed by atoms with Gasteiger partial charge in [-0.1, -0.05) is 18.2 Å². The van der Waals surface area contributed by atoms with E-state index >= 15 is 0 Å². The number of carbonyl (C=O) groups is 1. The number of hydrogen-bond donors (Lipinski definition) is 1. The van der Waals surface area contributed by atoms with Crippen molar-refractivity contribution >= 4 is 5.91 Å². The van der Waals surface area contributed by atoms with Crippen LogP contribution in [0.2, 0.25) is 0 Å². The third kappa shape index (κ3) is 4.66. The Kier molecular flexibility index (Phi) is 5.51. The molecule has 0 aliphatic carbocycles. The van der Waals surface area contributed by atoms with Crippen molar-refractivity contribution in [3.05, 3.63) is 65.5 Å². The number of piperidine rings is 1. The first-order chi connectivity index (χ1) is 12.8. The van der Waals surface area contributed by atoms with E-state index in [1.165, 1.54) is 13.0 Å². The SMILES string of the molecule is CC(=O)NC1(c2cccc(C(F)(F)F)c2)CCN(Cc2ccccn2)CC1. The van der Waals surface area contributed by atoms with Gasteiger partial charge in [0, 0.05) is 32.8 Å². The van der Waals surface area contributed by atoms with Crippen LogP contribution >= 0.6 is 0 Å². The van der Waals surface area contributed by atoms with Gasteiger partial charge >= 0.3 is 6.18 Å². The summed E-state index contributed by atoms with van der Waals surface area (Å²) in [5.74, 6) is -0.245. The highest BCUT2D eigenvalue weighted by molar-refractivity contribution is 5.74. The molecule has 7 heteroatoms. The molecule has 3 rings (SSSR count). The lowest BCUT2D eigenvalue weighted by atomic mass is 9.80. The summed E-state index contributed by atoms with van der Waals surface area (Å²) < 4.78 is 39.4. The molecular weight excluding hydrogens is 355 g/mol. The minimum absolute atomic E-state index is 0.245. The number of nitrogens with zero attached hydrogens (tertiary/aromatic N) is 2. The highest BCUT2D eigenvalue weighted by atomic mass is 19.4. The number of hydrogen-bond acceptors (Lipinski definition) is 3. The van der Waals surface area contributed by atoms with Gasteiger partial charge in [0.05, 0.1) is 16.8 Å². The van der Waals surface area contributed by atoms with Gasteiger partial charge in [0.25, 0.3) is 0 Å². The summed E-state index contributed by atoms with van der Waals surface area (Å²) in [7, 11) is 0. The van der Waals surface area contributed by atoms with Crippen molar-refractivity contribution in [3.63, 3.8) is 0 Å². The van der Waals surface area contributed by atoms with Crippen molar-refractivity contribution in [1.29, 1.82) is 0 Å². The van der Waals surface area contributed by atoms with Crippen LogP contribution in [0.25, 0.3) is 0 Å². The average Bonchev–Trinajstić information content (AvgIpc) is 2.63. The van der Waals surface area contributed by atoms with E-state index in [0.717, 1.165) is 17.8 Å². The number of rotatable bonds is 4. The maximum absolute atomic E-state index is 13.1. The van der Waals surface area contributed by atoms with Crippen molar-refractivity contribution in [2.45, 2.75) is 38.0 Å². The van der Waals surface area contributed by atoms with Crippen molar-refractivity contribution in [2.24, 2.45) is 0 Å². The van der Waals surface area contributed by atoms with E-state index in [-0.39, 0.29) is 5.91 Å². The van der Waals surface area contributed by atoms with Gasteiger partial charge in [-0.15, -0.1) is 0 Å². The molecule has 1 saturated heterocycles. The van der Waals surface area contributed by atoms with Crippen molar-refractivity contribution < 1.29 is 18.0 Å². The monoisotopic (exact) mass is 377 g/mol. The molecule has 0 atom stereocenters. The molecule has 144 valence electrons. The fourth-order valence-corrected chi connectivity index (χ4v) is 3.63. The summed E-state index contributed by atoms with van der Waals surface area (Å²) in [5.41, 5.74) is -0.0255. The lowest BCUT2D eigenvalue weighted by Gasteiger charge is -2.42. The van der Waals surface area contributed by atoms with Gasteiger partial charge in [-0.2, -0.15) is 13.2 Å². The van der Waals surface area contributed by atoms with Gasteiger partial charge in [-0.3, -0.25) is 14.7 Å². The summed E-state index contributed by atoms with van der Waals surface area (Å²) in [6.07, 6.45) is -1.59. The van der Waals surface area contributed by atoms with Crippen LogP contribution in [0, 0.1) is 0 Å². The fourth-order valence-electron chi connectivity index (χ4n) is 3.63. The second-order valence-corrected chi connectivity index (χ2v) is 6.94. The van der Waals surface area contributed by atoms with E-state index in [9.17, 15) is 18.0 Å². The predicted octanol–water partition coefficient (Wildman–Crippen LogP) is 3.73. The Bertz CT molecular complexity index is 785. The second-order valence-electron chi connectivity index (χ2n) is 6.94. The number of halogens is 3. The number of benzene rings is 1. The van der Waals surface area contributed by atoms with Gasteiger partial charge in [-0.25, -0.2) is 0 Å². The largest absolute Gasteiger partial charge is 0.416 e. The quantitative estimate of drug-likeness (QED) is 0.883. The highest BCUT2D eigenvalue weighted by Crippen LogP contribution is 2.37. The van der Waals surface area contributed by atoms with E-state index < -0.39 is 17.3 Å². The first-order valence-corrected chi connectivity index (χ1v) is 8.87. The topological polar surface area (TPSA) is 45.2 Å². The molecule has 2 aromatic rings. The van der Waals surface area contributed by atoms with E-state index in [0.29, 0.717) is 38.0 Å². The van der Waals surface area contributed by atoms with Gasteiger partial charge in [-0.05, 0) is 42.7 Å². The fraction of sp³-hybridized carbons (Fsp3) is 0.400. The van der Waals surface area contributed by atoms with Crippen LogP contribution in [0.15, 0.2) is 48.7 Å². The zero-order chi connectivity index (χ0) is 19.5. The maximum Gasteiger partial charge on any atom is 0.416 e. The van der Waals surface area contributed by atoms with Crippen LogP contribution in [0.3, 0.4) is 0 Å². The third-order valence-corrected chi connectivity index (χ3v) is 4.98. The van der Waals surface area contributed by atoms with Crippen molar-refractivity contribution in [2.75, 3.05) is 13.1 Å². The Hall–Kier alpha value is -2.41. The van der Waals surface area contributed by atoms with Crippen LogP contribution in [-0.4, -0.2) is 28.9 Å². The number of nitrogens with one attached hydrogen (secondary N) is 1. The van der Waals surface area contributed by atoms with E-state index in [4.69, 9.17) is 0 Å². The van der Waals surface area contributed by atoms with Crippen LogP contribution in [0.5, 0.6) is 0 Å². The summed E-state index contributed by atoms with van der Waals surface area (Å²) >= 11 is 0. The van der Waals surface area contributed by atoms with Crippen LogP contribution in [0.1, 0.15) is 36.6 Å². The standard InChI is InChI=1S/C20H22F3N3O/c1-15(27)25-19(16-5-4-6-17(13-16)20(21,22)23)8-11-26(12-9-19)14-18-7-2-3-10-24-18/h2-7,10,13H,8-9,11-12,14H2,1H3,(H,25,27). The first-order valence-electron chi connectivity index (χ1n) is 8.87. The second kappa shape index (κ2) is 7.68. The van der Waals surface area contributed by atoms with Crippen LogP contribution < -0.4 is 5.32 Å². The molecule has 1 aromatic heterocycles. The number of aromatic nitrogens is 1. The van der Waals surface area contributed by atoms with Crippen molar-refractivity contribution in [3.8, 4) is 0 Å². The van der Waals surface area contributed by atoms with Gasteiger partial charge in [0.15, 0.2) is 0 Å². The van der Waals surface area contributed by atoms with Gasteiger partial charge in [0.1, 0.15) is 0 Å². The zero-order valence-electron chi connectivity index (χ0n) is 15.1. The summed E-state index contributed by atoms with van der Waals surface area (Å²) in [6.45, 7) is 3.40. The van der Waals surface area contributed by atoms with E-state index in [2.05, 4.69) is 15.2 Å². The molecule has 0 spiro atoms. The predicted molar refractivity (Wildman–Crippen MR) is 95.7 cm³/mol. The molecule has 1 amide bonds. The molecule has 2 heterocycles. The summed E-state index contributed by atoms with van der Waals surface area (Å²) in [6, 6.07) is 11.0. The molecular formula is C20H22F3N3O. The third-order valence-electron chi connectivity index (χ3n) is 4.98. The molecule has 4 nitrogen and oxygen atoms in total. The number of likely N-dealkylation sites (tertiary alicyclic amines) is 1. The Morgan fingerprint density at radius 1 is 1.19 bits per heavy atom. The number of carbonyl (C=O) groups excluding carboxylic acids is 1. The molecule has 27 heavy (non-hydrogen) atoms. The number of pyridine rings is 1.